The molecule has 0 aromatic heterocycles. The van der Waals surface area contributed by atoms with Gasteiger partial charge in [0.1, 0.15) is 0 Å². The smallest absolute Gasteiger partial charge is 0.210 e. The zero-order chi connectivity index (χ0) is 12.5. The molecule has 0 aliphatic heterocycles. The lowest BCUT2D eigenvalue weighted by Crippen LogP contribution is -2.36. The molecule has 1 rings (SSSR count). The fourth-order valence-corrected chi connectivity index (χ4v) is 1.29. The van der Waals surface area contributed by atoms with Crippen LogP contribution in [-0.4, -0.2) is 26.2 Å². The fourth-order valence-electron chi connectivity index (χ4n) is 1.29. The number of rotatable bonds is 5. The van der Waals surface area contributed by atoms with E-state index in [1.165, 1.54) is 5.56 Å². The quantitative estimate of drug-likeness (QED) is 0.237. The molecular formula is C12H20N4O. The number of hydrazine groups is 1. The minimum absolute atomic E-state index is 0.560. The molecule has 4 N–H and O–H groups in total. The maximum atomic E-state index is 5.39. The van der Waals surface area contributed by atoms with Crippen LogP contribution in [0.4, 0.5) is 5.69 Å². The van der Waals surface area contributed by atoms with Gasteiger partial charge in [0.15, 0.2) is 0 Å². The molecule has 0 aliphatic rings. The maximum Gasteiger partial charge on any atom is 0.210 e. The number of methoxy groups -OCH3 is 1. The summed E-state index contributed by atoms with van der Waals surface area (Å²) in [4.78, 5) is 4.29. The van der Waals surface area contributed by atoms with Gasteiger partial charge in [-0.3, -0.25) is 10.4 Å². The summed E-state index contributed by atoms with van der Waals surface area (Å²) < 4.78 is 4.95. The van der Waals surface area contributed by atoms with E-state index in [1.54, 1.807) is 7.11 Å². The van der Waals surface area contributed by atoms with Crippen LogP contribution in [0.5, 0.6) is 0 Å². The first-order valence-electron chi connectivity index (χ1n) is 5.60. The standard InChI is InChI=1S/C12H20N4O/c1-10-4-6-11(7-5-10)15-12(16-13)14-8-3-9-17-2/h4-7H,3,8-9,13H2,1-2H3,(H2,14,15,16). The molecule has 0 fully saturated rings. The Kier molecular flexibility index (Phi) is 6.06. The van der Waals surface area contributed by atoms with Crippen molar-refractivity contribution < 1.29 is 4.74 Å². The van der Waals surface area contributed by atoms with Gasteiger partial charge in [-0.05, 0) is 25.5 Å². The number of aryl methyl sites for hydroxylation is 1. The molecular weight excluding hydrogens is 216 g/mol. The van der Waals surface area contributed by atoms with Crippen molar-refractivity contribution in [2.75, 3.05) is 25.6 Å². The number of anilines is 1. The molecule has 1 aromatic rings. The third-order valence-electron chi connectivity index (χ3n) is 2.23. The highest BCUT2D eigenvalue weighted by Crippen LogP contribution is 2.07. The largest absolute Gasteiger partial charge is 0.385 e. The minimum Gasteiger partial charge on any atom is -0.385 e. The first kappa shape index (κ1) is 13.5. The molecule has 17 heavy (non-hydrogen) atoms. The van der Waals surface area contributed by atoms with Crippen LogP contribution in [-0.2, 0) is 4.74 Å². The number of nitrogens with zero attached hydrogens (tertiary/aromatic N) is 1. The van der Waals surface area contributed by atoms with Crippen molar-refractivity contribution in [2.24, 2.45) is 10.8 Å². The Bertz CT molecular complexity index is 348. The van der Waals surface area contributed by atoms with Gasteiger partial charge in [-0.25, -0.2) is 5.84 Å². The highest BCUT2D eigenvalue weighted by Gasteiger charge is 1.97. The number of aliphatic imine (C=N–C) groups is 1. The number of hydrogen-bond donors (Lipinski definition) is 3. The predicted molar refractivity (Wildman–Crippen MR) is 70.9 cm³/mol. The molecule has 0 unspecified atom stereocenters. The molecule has 0 amide bonds. The van der Waals surface area contributed by atoms with Gasteiger partial charge in [0.05, 0.1) is 0 Å². The van der Waals surface area contributed by atoms with Crippen molar-refractivity contribution in [1.29, 1.82) is 0 Å². The van der Waals surface area contributed by atoms with E-state index in [2.05, 4.69) is 15.7 Å². The van der Waals surface area contributed by atoms with Gasteiger partial charge >= 0.3 is 0 Å². The van der Waals surface area contributed by atoms with Crippen LogP contribution in [0.15, 0.2) is 29.3 Å². The van der Waals surface area contributed by atoms with Crippen molar-refractivity contribution in [1.82, 2.24) is 5.43 Å². The van der Waals surface area contributed by atoms with E-state index in [0.717, 1.165) is 12.1 Å². The molecule has 0 aliphatic carbocycles. The summed E-state index contributed by atoms with van der Waals surface area (Å²) in [5, 5.41) is 3.11. The third kappa shape index (κ3) is 5.33. The topological polar surface area (TPSA) is 71.7 Å². The number of benzene rings is 1. The second-order valence-corrected chi connectivity index (χ2v) is 3.71. The van der Waals surface area contributed by atoms with E-state index in [1.807, 2.05) is 31.2 Å². The molecule has 0 radical (unpaired) electrons. The van der Waals surface area contributed by atoms with Gasteiger partial charge < -0.3 is 10.1 Å². The number of ether oxygens (including phenoxy) is 1. The lowest BCUT2D eigenvalue weighted by molar-refractivity contribution is 0.197. The van der Waals surface area contributed by atoms with Gasteiger partial charge in [0, 0.05) is 25.9 Å². The molecule has 0 bridgehead atoms. The molecule has 5 nitrogen and oxygen atoms in total. The van der Waals surface area contributed by atoms with Gasteiger partial charge in [-0.2, -0.15) is 0 Å². The Balaban J connectivity index is 2.48. The van der Waals surface area contributed by atoms with Crippen LogP contribution in [0, 0.1) is 6.92 Å². The van der Waals surface area contributed by atoms with Crippen molar-refractivity contribution in [3.8, 4) is 0 Å². The predicted octanol–water partition coefficient (Wildman–Crippen LogP) is 1.26. The molecule has 5 heteroatoms. The zero-order valence-corrected chi connectivity index (χ0v) is 10.4. The van der Waals surface area contributed by atoms with Crippen LogP contribution >= 0.6 is 0 Å². The number of guanidine groups is 1. The van der Waals surface area contributed by atoms with Crippen molar-refractivity contribution in [2.45, 2.75) is 13.3 Å². The summed E-state index contributed by atoms with van der Waals surface area (Å²) in [7, 11) is 1.68. The fraction of sp³-hybridized carbons (Fsp3) is 0.417. The summed E-state index contributed by atoms with van der Waals surface area (Å²) in [6.07, 6.45) is 0.872. The Hall–Kier alpha value is -1.59. The van der Waals surface area contributed by atoms with Crippen LogP contribution in [0.1, 0.15) is 12.0 Å². The van der Waals surface area contributed by atoms with E-state index in [-0.39, 0.29) is 0 Å². The van der Waals surface area contributed by atoms with E-state index in [9.17, 15) is 0 Å². The van der Waals surface area contributed by atoms with E-state index < -0.39 is 0 Å². The second kappa shape index (κ2) is 7.65. The van der Waals surface area contributed by atoms with Gasteiger partial charge in [-0.1, -0.05) is 17.7 Å². The highest BCUT2D eigenvalue weighted by atomic mass is 16.5. The lowest BCUT2D eigenvalue weighted by atomic mass is 10.2. The lowest BCUT2D eigenvalue weighted by Gasteiger charge is -2.09. The summed E-state index contributed by atoms with van der Waals surface area (Å²) >= 11 is 0. The number of nitrogens with one attached hydrogen (secondary N) is 2. The average molecular weight is 236 g/mol. The summed E-state index contributed by atoms with van der Waals surface area (Å²) in [6, 6.07) is 8.03. The molecule has 0 saturated carbocycles. The number of hydrogen-bond acceptors (Lipinski definition) is 3. The van der Waals surface area contributed by atoms with Crippen LogP contribution < -0.4 is 16.6 Å². The first-order valence-corrected chi connectivity index (χ1v) is 5.60. The van der Waals surface area contributed by atoms with Crippen LogP contribution in [0.3, 0.4) is 0 Å². The Morgan fingerprint density at radius 1 is 1.35 bits per heavy atom. The summed E-state index contributed by atoms with van der Waals surface area (Å²) in [6.45, 7) is 3.42. The Labute approximate surface area is 102 Å². The normalized spacial score (nSPS) is 11.4. The van der Waals surface area contributed by atoms with Crippen molar-refractivity contribution in [3.05, 3.63) is 29.8 Å². The molecule has 0 spiro atoms. The van der Waals surface area contributed by atoms with Crippen molar-refractivity contribution in [3.63, 3.8) is 0 Å². The van der Waals surface area contributed by atoms with Gasteiger partial charge in [0.2, 0.25) is 5.96 Å². The molecule has 0 atom stereocenters. The summed E-state index contributed by atoms with van der Waals surface area (Å²) in [5.74, 6) is 5.95. The highest BCUT2D eigenvalue weighted by molar-refractivity contribution is 5.93. The first-order chi connectivity index (χ1) is 8.26. The number of nitrogens with two attached hydrogens (primary N) is 1. The Morgan fingerprint density at radius 2 is 2.06 bits per heavy atom. The average Bonchev–Trinajstić information content (AvgIpc) is 2.35. The van der Waals surface area contributed by atoms with Crippen molar-refractivity contribution >= 4 is 11.6 Å². The van der Waals surface area contributed by atoms with E-state index in [0.29, 0.717) is 19.1 Å². The van der Waals surface area contributed by atoms with E-state index in [4.69, 9.17) is 10.6 Å². The van der Waals surface area contributed by atoms with Gasteiger partial charge in [0.25, 0.3) is 0 Å². The SMILES string of the molecule is COCCCN=C(NN)Nc1ccc(C)cc1. The molecule has 0 heterocycles. The van der Waals surface area contributed by atoms with Crippen LogP contribution in [0.2, 0.25) is 0 Å². The second-order valence-electron chi connectivity index (χ2n) is 3.71. The van der Waals surface area contributed by atoms with Crippen LogP contribution in [0.25, 0.3) is 0 Å². The van der Waals surface area contributed by atoms with E-state index >= 15 is 0 Å². The molecule has 0 saturated heterocycles. The van der Waals surface area contributed by atoms with Gasteiger partial charge in [-0.15, -0.1) is 0 Å². The third-order valence-corrected chi connectivity index (χ3v) is 2.23. The molecule has 94 valence electrons. The molecule has 1 aromatic carbocycles. The zero-order valence-electron chi connectivity index (χ0n) is 10.4. The summed E-state index contributed by atoms with van der Waals surface area (Å²) in [5.41, 5.74) is 4.72. The minimum atomic E-state index is 0.560. The maximum absolute atomic E-state index is 5.39. The monoisotopic (exact) mass is 236 g/mol. The Morgan fingerprint density at radius 3 is 2.65 bits per heavy atom.